The number of hydrogen-bond acceptors (Lipinski definition) is 5. The largest absolute Gasteiger partial charge is 0.481 e. The summed E-state index contributed by atoms with van der Waals surface area (Å²) in [5.41, 5.74) is 0. The Hall–Kier alpha value is -1.85. The fourth-order valence-corrected chi connectivity index (χ4v) is 1.59. The molecule has 1 heterocycles. The minimum atomic E-state index is -0.364. The molecule has 0 saturated heterocycles. The lowest BCUT2D eigenvalue weighted by Crippen LogP contribution is -2.41. The van der Waals surface area contributed by atoms with Crippen molar-refractivity contribution >= 4 is 11.9 Å². The number of methoxy groups -OCH3 is 1. The van der Waals surface area contributed by atoms with Gasteiger partial charge in [0, 0.05) is 25.4 Å². The van der Waals surface area contributed by atoms with Gasteiger partial charge in [-0.3, -0.25) is 4.79 Å². The van der Waals surface area contributed by atoms with E-state index in [1.807, 2.05) is 13.8 Å². The van der Waals surface area contributed by atoms with Gasteiger partial charge in [0.25, 0.3) is 0 Å². The molecule has 0 aliphatic carbocycles. The molecule has 6 nitrogen and oxygen atoms in total. The van der Waals surface area contributed by atoms with Gasteiger partial charge in [-0.2, -0.15) is 4.98 Å². The summed E-state index contributed by atoms with van der Waals surface area (Å²) in [4.78, 5) is 22.0. The molecule has 100 valence electrons. The minimum Gasteiger partial charge on any atom is -0.481 e. The van der Waals surface area contributed by atoms with E-state index in [0.717, 1.165) is 0 Å². The smallest absolute Gasteiger partial charge is 0.244 e. The van der Waals surface area contributed by atoms with Gasteiger partial charge >= 0.3 is 0 Å². The average Bonchev–Trinajstić information content (AvgIpc) is 2.40. The van der Waals surface area contributed by atoms with Crippen LogP contribution in [0.25, 0.3) is 0 Å². The first-order valence-electron chi connectivity index (χ1n) is 6.04. The van der Waals surface area contributed by atoms with Crippen LogP contribution < -0.4 is 10.1 Å². The van der Waals surface area contributed by atoms with Crippen LogP contribution >= 0.6 is 0 Å². The molecule has 0 saturated carbocycles. The predicted octanol–water partition coefficient (Wildman–Crippen LogP) is 1.15. The number of ether oxygens (including phenoxy) is 1. The maximum absolute atomic E-state index is 12.0. The number of rotatable bonds is 6. The molecule has 18 heavy (non-hydrogen) atoms. The van der Waals surface area contributed by atoms with E-state index < -0.39 is 0 Å². The van der Waals surface area contributed by atoms with Crippen molar-refractivity contribution in [2.24, 2.45) is 0 Å². The van der Waals surface area contributed by atoms with Crippen molar-refractivity contribution in [2.45, 2.75) is 26.8 Å². The number of anilines is 1. The second-order valence-corrected chi connectivity index (χ2v) is 3.80. The Morgan fingerprint density at radius 3 is 2.72 bits per heavy atom. The molecule has 0 aliphatic heterocycles. The van der Waals surface area contributed by atoms with E-state index in [4.69, 9.17) is 4.74 Å². The van der Waals surface area contributed by atoms with E-state index >= 15 is 0 Å². The molecule has 0 radical (unpaired) electrons. The molecule has 0 fully saturated rings. The number of nitrogens with zero attached hydrogens (tertiary/aromatic N) is 3. The standard InChI is InChI=1S/C12H20N4O2/c1-5-16(6-2)11(17)9(3)14-12-13-8-7-10(15-12)18-4/h7-9H,5-6H2,1-4H3,(H,13,14,15). The zero-order valence-electron chi connectivity index (χ0n) is 11.3. The Morgan fingerprint density at radius 1 is 1.50 bits per heavy atom. The van der Waals surface area contributed by atoms with Crippen molar-refractivity contribution in [3.05, 3.63) is 12.3 Å². The molecule has 1 unspecified atom stereocenters. The highest BCUT2D eigenvalue weighted by molar-refractivity contribution is 5.83. The van der Waals surface area contributed by atoms with Crippen LogP contribution in [0.4, 0.5) is 5.95 Å². The third-order valence-electron chi connectivity index (χ3n) is 2.63. The van der Waals surface area contributed by atoms with E-state index in [1.165, 1.54) is 7.11 Å². The van der Waals surface area contributed by atoms with E-state index in [1.54, 1.807) is 24.1 Å². The summed E-state index contributed by atoms with van der Waals surface area (Å²) in [6, 6.07) is 1.29. The van der Waals surface area contributed by atoms with Crippen LogP contribution in [0.5, 0.6) is 5.88 Å². The summed E-state index contributed by atoms with van der Waals surface area (Å²) in [7, 11) is 1.54. The fourth-order valence-electron chi connectivity index (χ4n) is 1.59. The lowest BCUT2D eigenvalue weighted by Gasteiger charge is -2.23. The molecule has 0 aliphatic rings. The van der Waals surface area contributed by atoms with E-state index in [-0.39, 0.29) is 11.9 Å². The number of hydrogen-bond donors (Lipinski definition) is 1. The first kappa shape index (κ1) is 14.2. The van der Waals surface area contributed by atoms with Crippen LogP contribution in [0.1, 0.15) is 20.8 Å². The fraction of sp³-hybridized carbons (Fsp3) is 0.583. The molecule has 6 heteroatoms. The van der Waals surface area contributed by atoms with E-state index in [9.17, 15) is 4.79 Å². The number of amides is 1. The van der Waals surface area contributed by atoms with Crippen molar-refractivity contribution in [3.8, 4) is 5.88 Å². The Morgan fingerprint density at radius 2 is 2.17 bits per heavy atom. The summed E-state index contributed by atoms with van der Waals surface area (Å²) in [6.07, 6.45) is 1.59. The highest BCUT2D eigenvalue weighted by atomic mass is 16.5. The topological polar surface area (TPSA) is 67.4 Å². The molecule has 1 aromatic rings. The molecule has 0 bridgehead atoms. The number of aromatic nitrogens is 2. The van der Waals surface area contributed by atoms with Crippen LogP contribution in [-0.4, -0.2) is 47.0 Å². The molecule has 1 aromatic heterocycles. The molecule has 1 rings (SSSR count). The summed E-state index contributed by atoms with van der Waals surface area (Å²) >= 11 is 0. The number of carbonyl (C=O) groups is 1. The van der Waals surface area contributed by atoms with E-state index in [0.29, 0.717) is 24.9 Å². The summed E-state index contributed by atoms with van der Waals surface area (Å²) < 4.78 is 5.00. The summed E-state index contributed by atoms with van der Waals surface area (Å²) in [5.74, 6) is 0.892. The van der Waals surface area contributed by atoms with E-state index in [2.05, 4.69) is 15.3 Å². The second kappa shape index (κ2) is 6.78. The highest BCUT2D eigenvalue weighted by Gasteiger charge is 2.18. The SMILES string of the molecule is CCN(CC)C(=O)C(C)Nc1nccc(OC)n1. The normalized spacial score (nSPS) is 11.8. The number of nitrogens with one attached hydrogen (secondary N) is 1. The van der Waals surface area contributed by atoms with Gasteiger partial charge in [0.15, 0.2) is 0 Å². The third-order valence-corrected chi connectivity index (χ3v) is 2.63. The molecular formula is C12H20N4O2. The average molecular weight is 252 g/mol. The van der Waals surface area contributed by atoms with Gasteiger partial charge in [0.2, 0.25) is 17.7 Å². The first-order valence-corrected chi connectivity index (χ1v) is 6.04. The Kier molecular flexibility index (Phi) is 5.35. The lowest BCUT2D eigenvalue weighted by atomic mass is 10.3. The maximum Gasteiger partial charge on any atom is 0.244 e. The lowest BCUT2D eigenvalue weighted by molar-refractivity contribution is -0.131. The van der Waals surface area contributed by atoms with Gasteiger partial charge in [-0.05, 0) is 20.8 Å². The van der Waals surface area contributed by atoms with Gasteiger partial charge in [0.05, 0.1) is 7.11 Å². The Bertz CT molecular complexity index is 393. The van der Waals surface area contributed by atoms with Gasteiger partial charge in [0.1, 0.15) is 6.04 Å². The monoisotopic (exact) mass is 252 g/mol. The zero-order valence-corrected chi connectivity index (χ0v) is 11.3. The molecule has 1 atom stereocenters. The summed E-state index contributed by atoms with van der Waals surface area (Å²) in [6.45, 7) is 7.09. The molecule has 0 aromatic carbocycles. The zero-order chi connectivity index (χ0) is 13.5. The summed E-state index contributed by atoms with van der Waals surface area (Å²) in [5, 5.41) is 2.97. The van der Waals surface area contributed by atoms with Crippen molar-refractivity contribution in [3.63, 3.8) is 0 Å². The van der Waals surface area contributed by atoms with Crippen LogP contribution in [0.3, 0.4) is 0 Å². The second-order valence-electron chi connectivity index (χ2n) is 3.80. The third kappa shape index (κ3) is 3.58. The molecular weight excluding hydrogens is 232 g/mol. The van der Waals surface area contributed by atoms with Crippen molar-refractivity contribution in [1.29, 1.82) is 0 Å². The van der Waals surface area contributed by atoms with Gasteiger partial charge < -0.3 is 15.0 Å². The number of carbonyl (C=O) groups excluding carboxylic acids is 1. The van der Waals surface area contributed by atoms with Crippen molar-refractivity contribution in [1.82, 2.24) is 14.9 Å². The van der Waals surface area contributed by atoms with Crippen LogP contribution in [0.15, 0.2) is 12.3 Å². The van der Waals surface area contributed by atoms with Gasteiger partial charge in [-0.1, -0.05) is 0 Å². The number of likely N-dealkylation sites (N-methyl/N-ethyl adjacent to an activating group) is 1. The Labute approximate surface area is 107 Å². The predicted molar refractivity (Wildman–Crippen MR) is 69.6 cm³/mol. The van der Waals surface area contributed by atoms with Crippen molar-refractivity contribution in [2.75, 3.05) is 25.5 Å². The Balaban J connectivity index is 2.68. The van der Waals surface area contributed by atoms with Crippen LogP contribution in [0, 0.1) is 0 Å². The molecule has 1 amide bonds. The van der Waals surface area contributed by atoms with Crippen molar-refractivity contribution < 1.29 is 9.53 Å². The van der Waals surface area contributed by atoms with Gasteiger partial charge in [-0.25, -0.2) is 4.98 Å². The first-order chi connectivity index (χ1) is 8.62. The van der Waals surface area contributed by atoms with Gasteiger partial charge in [-0.15, -0.1) is 0 Å². The quantitative estimate of drug-likeness (QED) is 0.822. The maximum atomic E-state index is 12.0. The molecule has 1 N–H and O–H groups in total. The molecule has 0 spiro atoms. The highest BCUT2D eigenvalue weighted by Crippen LogP contribution is 2.09. The van der Waals surface area contributed by atoms with Crippen LogP contribution in [0.2, 0.25) is 0 Å². The minimum absolute atomic E-state index is 0.0337. The van der Waals surface area contributed by atoms with Crippen LogP contribution in [-0.2, 0) is 4.79 Å².